The number of nitrogen functional groups attached to an aromatic ring is 1. The molecule has 0 radical (unpaired) electrons. The number of benzene rings is 2. The van der Waals surface area contributed by atoms with Crippen molar-refractivity contribution in [3.8, 4) is 5.75 Å². The number of pyridine rings is 1. The number of amidine groups is 1. The molecule has 0 aliphatic carbocycles. The molecule has 0 spiro atoms. The molecule has 1 aromatic heterocycles. The van der Waals surface area contributed by atoms with Gasteiger partial charge in [-0.15, -0.1) is 12.4 Å². The zero-order chi connectivity index (χ0) is 21.3. The zero-order valence-electron chi connectivity index (χ0n) is 16.2. The van der Waals surface area contributed by atoms with E-state index in [1.165, 1.54) is 12.1 Å². The smallest absolute Gasteiger partial charge is 0.488 e. The van der Waals surface area contributed by atoms with E-state index in [1.54, 1.807) is 30.6 Å². The largest absolute Gasteiger partial charge is 0.492 e. The Hall–Kier alpha value is -2.65. The van der Waals surface area contributed by atoms with Crippen LogP contribution >= 0.6 is 24.0 Å². The first-order valence-electron chi connectivity index (χ1n) is 9.23. The highest BCUT2D eigenvalue weighted by molar-refractivity contribution is 6.61. The Labute approximate surface area is 190 Å². The number of hydrogen-bond donors (Lipinski definition) is 3. The molecule has 0 saturated heterocycles. The minimum atomic E-state index is -1.28. The first kappa shape index (κ1) is 23.0. The fraction of sp³-hybridized carbons (Fsp3) is 0.143. The van der Waals surface area contributed by atoms with Gasteiger partial charge in [-0.2, -0.15) is 0 Å². The number of nitrogens with two attached hydrogens (primary N) is 1. The van der Waals surface area contributed by atoms with E-state index in [1.807, 2.05) is 12.1 Å². The van der Waals surface area contributed by atoms with Gasteiger partial charge in [0.05, 0.1) is 16.7 Å². The number of aromatic nitrogens is 1. The quantitative estimate of drug-likeness (QED) is 0.307. The summed E-state index contributed by atoms with van der Waals surface area (Å²) >= 11 is 5.91. The van der Waals surface area contributed by atoms with Gasteiger partial charge in [-0.3, -0.25) is 10.4 Å². The molecule has 1 aliphatic rings. The van der Waals surface area contributed by atoms with Crippen molar-refractivity contribution in [2.45, 2.75) is 19.1 Å². The lowest BCUT2D eigenvalue weighted by atomic mass is 9.71. The molecule has 0 fully saturated rings. The number of halogens is 3. The van der Waals surface area contributed by atoms with Gasteiger partial charge in [-0.1, -0.05) is 23.7 Å². The van der Waals surface area contributed by atoms with E-state index in [0.29, 0.717) is 28.8 Å². The number of nitrogens with one attached hydrogen (secondary N) is 1. The monoisotopic (exact) mass is 461 g/mol. The summed E-state index contributed by atoms with van der Waals surface area (Å²) in [5, 5.41) is 18.2. The summed E-state index contributed by atoms with van der Waals surface area (Å²) in [6.45, 7) is 0.253. The van der Waals surface area contributed by atoms with E-state index in [0.717, 1.165) is 11.1 Å². The third kappa shape index (κ3) is 4.99. The van der Waals surface area contributed by atoms with Gasteiger partial charge in [-0.25, -0.2) is 4.39 Å². The highest BCUT2D eigenvalue weighted by atomic mass is 35.5. The molecular formula is C21H19BCl2FN3O3. The minimum absolute atomic E-state index is 0. The van der Waals surface area contributed by atoms with Gasteiger partial charge in [0.15, 0.2) is 0 Å². The normalized spacial score (nSPS) is 15.1. The molecule has 4 rings (SSSR count). The van der Waals surface area contributed by atoms with E-state index in [-0.39, 0.29) is 29.9 Å². The second-order valence-corrected chi connectivity index (χ2v) is 7.37. The molecule has 0 amide bonds. The third-order valence-corrected chi connectivity index (χ3v) is 5.22. The van der Waals surface area contributed by atoms with Gasteiger partial charge in [0.1, 0.15) is 24.0 Å². The lowest BCUT2D eigenvalue weighted by molar-refractivity contribution is 0.167. The first-order valence-corrected chi connectivity index (χ1v) is 9.61. The Kier molecular flexibility index (Phi) is 7.17. The molecule has 31 heavy (non-hydrogen) atoms. The average Bonchev–Trinajstić information content (AvgIpc) is 2.74. The second-order valence-electron chi connectivity index (χ2n) is 6.97. The van der Waals surface area contributed by atoms with Crippen molar-refractivity contribution in [1.82, 2.24) is 4.98 Å². The van der Waals surface area contributed by atoms with Crippen LogP contribution in [0.3, 0.4) is 0 Å². The standard InChI is InChI=1S/C21H18BClFN3O3.ClH/c23-17-6-14-8-19(30-22(28)16(14)9-18(17)24)13-3-4-15(21(25)26)20(7-13)29-11-12-2-1-5-27-10-12;/h1-7,9-10,19,28H,8,11H2,(H3,25,26);1H. The minimum Gasteiger partial charge on any atom is -0.488 e. The van der Waals surface area contributed by atoms with Gasteiger partial charge in [-0.05, 0) is 46.9 Å². The zero-order valence-corrected chi connectivity index (χ0v) is 17.8. The average molecular weight is 462 g/mol. The van der Waals surface area contributed by atoms with Crippen LogP contribution in [0.25, 0.3) is 0 Å². The van der Waals surface area contributed by atoms with Crippen LogP contribution in [0, 0.1) is 11.2 Å². The summed E-state index contributed by atoms with van der Waals surface area (Å²) in [6.07, 6.45) is 3.26. The summed E-state index contributed by atoms with van der Waals surface area (Å²) < 4.78 is 25.4. The molecule has 3 aromatic rings. The van der Waals surface area contributed by atoms with Crippen molar-refractivity contribution in [2.75, 3.05) is 0 Å². The molecule has 0 bridgehead atoms. The van der Waals surface area contributed by atoms with E-state index >= 15 is 0 Å². The molecule has 1 unspecified atom stereocenters. The Morgan fingerprint density at radius 2 is 2.16 bits per heavy atom. The number of ether oxygens (including phenoxy) is 1. The topological polar surface area (TPSA) is 101 Å². The van der Waals surface area contributed by atoms with Crippen molar-refractivity contribution in [3.05, 3.63) is 88.0 Å². The van der Waals surface area contributed by atoms with E-state index in [4.69, 9.17) is 32.1 Å². The van der Waals surface area contributed by atoms with Crippen molar-refractivity contribution < 1.29 is 18.8 Å². The Morgan fingerprint density at radius 3 is 2.87 bits per heavy atom. The van der Waals surface area contributed by atoms with E-state index in [2.05, 4.69) is 4.98 Å². The number of rotatable bonds is 5. The van der Waals surface area contributed by atoms with Crippen molar-refractivity contribution in [3.63, 3.8) is 0 Å². The molecule has 6 nitrogen and oxygen atoms in total. The fourth-order valence-electron chi connectivity index (χ4n) is 3.41. The van der Waals surface area contributed by atoms with Crippen LogP contribution in [0.5, 0.6) is 5.75 Å². The van der Waals surface area contributed by atoms with E-state index < -0.39 is 19.0 Å². The van der Waals surface area contributed by atoms with Crippen LogP contribution in [0.1, 0.15) is 28.4 Å². The third-order valence-electron chi connectivity index (χ3n) is 4.93. The van der Waals surface area contributed by atoms with Gasteiger partial charge in [0, 0.05) is 24.4 Å². The van der Waals surface area contributed by atoms with E-state index in [9.17, 15) is 9.41 Å². The Morgan fingerprint density at radius 1 is 1.35 bits per heavy atom. The van der Waals surface area contributed by atoms with Crippen LogP contribution < -0.4 is 15.9 Å². The first-order chi connectivity index (χ1) is 14.4. The lowest BCUT2D eigenvalue weighted by Crippen LogP contribution is -2.42. The highest BCUT2D eigenvalue weighted by Gasteiger charge is 2.33. The molecule has 0 saturated carbocycles. The SMILES string of the molecule is Cl.N=C(N)c1ccc(C2Cc3cc(Cl)c(F)cc3B(O)O2)cc1OCc1cccnc1. The summed E-state index contributed by atoms with van der Waals surface area (Å²) in [6, 6.07) is 11.6. The van der Waals surface area contributed by atoms with Crippen LogP contribution in [-0.4, -0.2) is 23.0 Å². The van der Waals surface area contributed by atoms with Gasteiger partial charge in [0.2, 0.25) is 0 Å². The number of hydrogen-bond acceptors (Lipinski definition) is 5. The van der Waals surface area contributed by atoms with Crippen LogP contribution in [-0.2, 0) is 17.7 Å². The molecule has 1 atom stereocenters. The highest BCUT2D eigenvalue weighted by Crippen LogP contribution is 2.32. The number of nitrogens with zero attached hydrogens (tertiary/aromatic N) is 1. The van der Waals surface area contributed by atoms with Crippen molar-refractivity contribution in [1.29, 1.82) is 5.41 Å². The summed E-state index contributed by atoms with van der Waals surface area (Å²) in [5.41, 5.74) is 8.81. The Balaban J connectivity index is 0.00000272. The number of fused-ring (bicyclic) bond motifs is 1. The molecular weight excluding hydrogens is 443 g/mol. The maximum atomic E-state index is 13.7. The predicted octanol–water partition coefficient (Wildman–Crippen LogP) is 3.16. The summed E-state index contributed by atoms with van der Waals surface area (Å²) in [7, 11) is -1.28. The lowest BCUT2D eigenvalue weighted by Gasteiger charge is -2.28. The summed E-state index contributed by atoms with van der Waals surface area (Å²) in [5.74, 6) is -0.307. The van der Waals surface area contributed by atoms with Crippen LogP contribution in [0.15, 0.2) is 54.9 Å². The molecule has 2 aromatic carbocycles. The van der Waals surface area contributed by atoms with Crippen LogP contribution in [0.2, 0.25) is 5.02 Å². The molecule has 1 aliphatic heterocycles. The van der Waals surface area contributed by atoms with Crippen LogP contribution in [0.4, 0.5) is 4.39 Å². The fourth-order valence-corrected chi connectivity index (χ4v) is 3.60. The maximum absolute atomic E-state index is 13.7. The molecule has 2 heterocycles. The van der Waals surface area contributed by atoms with Crippen molar-refractivity contribution >= 4 is 42.4 Å². The van der Waals surface area contributed by atoms with Crippen molar-refractivity contribution in [2.24, 2.45) is 5.73 Å². The van der Waals surface area contributed by atoms with Gasteiger partial charge < -0.3 is 20.1 Å². The summed E-state index contributed by atoms with van der Waals surface area (Å²) in [4.78, 5) is 4.06. The van der Waals surface area contributed by atoms with Gasteiger partial charge in [0.25, 0.3) is 0 Å². The Bertz CT molecular complexity index is 1100. The van der Waals surface area contributed by atoms with Gasteiger partial charge >= 0.3 is 7.12 Å². The second kappa shape index (κ2) is 9.66. The molecule has 10 heteroatoms. The molecule has 4 N–H and O–H groups in total. The molecule has 160 valence electrons. The maximum Gasteiger partial charge on any atom is 0.492 e. The predicted molar refractivity (Wildman–Crippen MR) is 120 cm³/mol.